The number of nitro benzene ring substituents is 1. The molecule has 2 aliphatic rings. The van der Waals surface area contributed by atoms with Gasteiger partial charge in [-0.25, -0.2) is 4.39 Å². The average molecular weight is 255 g/mol. The van der Waals surface area contributed by atoms with Crippen molar-refractivity contribution in [1.29, 1.82) is 0 Å². The molecule has 0 heterocycles. The molecule has 3 rings (SSSR count). The minimum Gasteiger partial charge on any atom is -0.487 e. The summed E-state index contributed by atoms with van der Waals surface area (Å²) in [5.41, 5.74) is -0.867. The van der Waals surface area contributed by atoms with E-state index in [1.165, 1.54) is 6.42 Å². The highest BCUT2D eigenvalue weighted by Gasteiger charge is 2.47. The number of ether oxygens (including phenoxy) is 1. The normalized spacial score (nSPS) is 28.9. The molecule has 18 heavy (non-hydrogen) atoms. The van der Waals surface area contributed by atoms with Crippen molar-refractivity contribution in [1.82, 2.24) is 0 Å². The van der Waals surface area contributed by atoms with E-state index in [1.54, 1.807) is 0 Å². The van der Waals surface area contributed by atoms with Crippen molar-refractivity contribution in [2.75, 3.05) is 0 Å². The third-order valence-corrected chi connectivity index (χ3v) is 3.69. The van der Waals surface area contributed by atoms with Crippen LogP contribution in [-0.2, 0) is 0 Å². The van der Waals surface area contributed by atoms with Crippen LogP contribution in [0.15, 0.2) is 12.1 Å². The van der Waals surface area contributed by atoms with Crippen LogP contribution in [0.4, 0.5) is 14.5 Å². The minimum absolute atomic E-state index is 0.0934. The molecule has 1 aromatic rings. The lowest BCUT2D eigenvalue weighted by Crippen LogP contribution is -2.14. The highest BCUT2D eigenvalue weighted by Crippen LogP contribution is 2.52. The van der Waals surface area contributed by atoms with E-state index in [4.69, 9.17) is 4.74 Å². The summed E-state index contributed by atoms with van der Waals surface area (Å²) in [6, 6.07) is 1.33. The molecule has 0 aliphatic heterocycles. The molecule has 0 saturated heterocycles. The van der Waals surface area contributed by atoms with E-state index in [0.717, 1.165) is 18.9 Å². The summed E-state index contributed by atoms with van der Waals surface area (Å²) in [6.07, 6.45) is 2.84. The van der Waals surface area contributed by atoms with Crippen LogP contribution in [0.25, 0.3) is 0 Å². The molecule has 3 atom stereocenters. The number of rotatable bonds is 3. The Hall–Kier alpha value is -1.72. The second kappa shape index (κ2) is 3.90. The average Bonchev–Trinajstić information content (AvgIpc) is 2.91. The molecule has 0 aromatic heterocycles. The van der Waals surface area contributed by atoms with Gasteiger partial charge in [-0.3, -0.25) is 10.1 Å². The maximum atomic E-state index is 13.6. The highest BCUT2D eigenvalue weighted by molar-refractivity contribution is 5.39. The first-order valence-corrected chi connectivity index (χ1v) is 5.84. The maximum Gasteiger partial charge on any atom is 0.307 e. The van der Waals surface area contributed by atoms with Crippen LogP contribution in [0.3, 0.4) is 0 Å². The van der Waals surface area contributed by atoms with Crippen LogP contribution in [0.2, 0.25) is 0 Å². The van der Waals surface area contributed by atoms with Gasteiger partial charge in [-0.1, -0.05) is 0 Å². The SMILES string of the molecule is O=[N+]([O-])c1cc(F)c(OC2CC3C[C@H]3C2)cc1F. The van der Waals surface area contributed by atoms with Gasteiger partial charge in [0.2, 0.25) is 5.82 Å². The lowest BCUT2D eigenvalue weighted by molar-refractivity contribution is -0.387. The number of nitrogens with zero attached hydrogens (tertiary/aromatic N) is 1. The fourth-order valence-corrected chi connectivity index (χ4v) is 2.68. The van der Waals surface area contributed by atoms with Gasteiger partial charge in [-0.05, 0) is 31.1 Å². The molecule has 0 radical (unpaired) electrons. The van der Waals surface area contributed by atoms with Crippen LogP contribution in [-0.4, -0.2) is 11.0 Å². The van der Waals surface area contributed by atoms with Crippen molar-refractivity contribution in [3.8, 4) is 5.75 Å². The summed E-state index contributed by atoms with van der Waals surface area (Å²) in [6.45, 7) is 0. The summed E-state index contributed by atoms with van der Waals surface area (Å²) >= 11 is 0. The molecule has 0 bridgehead atoms. The molecule has 0 N–H and O–H groups in total. The second-order valence-corrected chi connectivity index (χ2v) is 4.96. The number of hydrogen-bond acceptors (Lipinski definition) is 3. The van der Waals surface area contributed by atoms with Crippen LogP contribution >= 0.6 is 0 Å². The summed E-state index contributed by atoms with van der Waals surface area (Å²) in [5, 5.41) is 10.4. The van der Waals surface area contributed by atoms with Crippen LogP contribution < -0.4 is 4.74 Å². The van der Waals surface area contributed by atoms with Crippen LogP contribution in [0, 0.1) is 33.6 Å². The van der Waals surface area contributed by atoms with Gasteiger partial charge in [0.1, 0.15) is 0 Å². The molecular weight excluding hydrogens is 244 g/mol. The molecule has 1 aromatic carbocycles. The van der Waals surface area contributed by atoms with Gasteiger partial charge in [0.25, 0.3) is 0 Å². The minimum atomic E-state index is -1.07. The van der Waals surface area contributed by atoms with Gasteiger partial charge in [0.05, 0.1) is 17.1 Å². The summed E-state index contributed by atoms with van der Waals surface area (Å²) < 4.78 is 32.3. The van der Waals surface area contributed by atoms with Gasteiger partial charge in [0.15, 0.2) is 11.6 Å². The zero-order valence-electron chi connectivity index (χ0n) is 9.44. The van der Waals surface area contributed by atoms with Crippen molar-refractivity contribution in [3.63, 3.8) is 0 Å². The lowest BCUT2D eigenvalue weighted by Gasteiger charge is -2.15. The van der Waals surface area contributed by atoms with E-state index in [-0.39, 0.29) is 11.9 Å². The van der Waals surface area contributed by atoms with Gasteiger partial charge >= 0.3 is 5.69 Å². The van der Waals surface area contributed by atoms with E-state index in [9.17, 15) is 18.9 Å². The Morgan fingerprint density at radius 3 is 2.44 bits per heavy atom. The molecule has 2 unspecified atom stereocenters. The molecular formula is C12H11F2NO3. The molecule has 4 nitrogen and oxygen atoms in total. The largest absolute Gasteiger partial charge is 0.487 e. The Labute approximate surface area is 102 Å². The molecule has 6 heteroatoms. The molecule has 0 spiro atoms. The van der Waals surface area contributed by atoms with Gasteiger partial charge in [-0.15, -0.1) is 0 Å². The molecule has 2 saturated carbocycles. The van der Waals surface area contributed by atoms with Crippen molar-refractivity contribution in [2.24, 2.45) is 11.8 Å². The number of nitro groups is 1. The van der Waals surface area contributed by atoms with E-state index in [2.05, 4.69) is 0 Å². The fraction of sp³-hybridized carbons (Fsp3) is 0.500. The number of benzene rings is 1. The van der Waals surface area contributed by atoms with Crippen molar-refractivity contribution < 1.29 is 18.4 Å². The predicted molar refractivity (Wildman–Crippen MR) is 58.3 cm³/mol. The Kier molecular flexibility index (Phi) is 2.46. The lowest BCUT2D eigenvalue weighted by atomic mass is 10.2. The third-order valence-electron chi connectivity index (χ3n) is 3.69. The maximum absolute atomic E-state index is 13.6. The Morgan fingerprint density at radius 2 is 1.83 bits per heavy atom. The second-order valence-electron chi connectivity index (χ2n) is 4.96. The van der Waals surface area contributed by atoms with E-state index in [0.29, 0.717) is 17.9 Å². The van der Waals surface area contributed by atoms with Crippen molar-refractivity contribution in [2.45, 2.75) is 25.4 Å². The van der Waals surface area contributed by atoms with E-state index in [1.807, 2.05) is 0 Å². The zero-order valence-corrected chi connectivity index (χ0v) is 9.44. The summed E-state index contributed by atoms with van der Waals surface area (Å²) in [7, 11) is 0. The van der Waals surface area contributed by atoms with Crippen LogP contribution in [0.5, 0.6) is 5.75 Å². The van der Waals surface area contributed by atoms with Crippen molar-refractivity contribution >= 4 is 5.69 Å². The van der Waals surface area contributed by atoms with E-state index >= 15 is 0 Å². The zero-order chi connectivity index (χ0) is 12.9. The molecule has 0 amide bonds. The van der Waals surface area contributed by atoms with Gasteiger partial charge < -0.3 is 4.74 Å². The molecule has 2 fully saturated rings. The monoisotopic (exact) mass is 255 g/mol. The first-order chi connectivity index (χ1) is 8.54. The first kappa shape index (κ1) is 11.4. The number of halogens is 2. The van der Waals surface area contributed by atoms with Crippen LogP contribution in [0.1, 0.15) is 19.3 Å². The summed E-state index contributed by atoms with van der Waals surface area (Å²) in [5.74, 6) is -0.852. The van der Waals surface area contributed by atoms with E-state index < -0.39 is 22.2 Å². The van der Waals surface area contributed by atoms with Gasteiger partial charge in [0, 0.05) is 6.07 Å². The molecule has 2 aliphatic carbocycles. The number of fused-ring (bicyclic) bond motifs is 1. The Morgan fingerprint density at radius 1 is 1.17 bits per heavy atom. The summed E-state index contributed by atoms with van der Waals surface area (Å²) in [4.78, 5) is 9.49. The quantitative estimate of drug-likeness (QED) is 0.616. The Balaban J connectivity index is 1.79. The standard InChI is InChI=1S/C12H11F2NO3/c13-9-5-12(10(14)4-11(9)15(16)17)18-8-2-6-1-7(6)3-8/h4-8H,1-3H2/t6-,7?,8?/m0/s1. The predicted octanol–water partition coefficient (Wildman–Crippen LogP) is 3.05. The highest BCUT2D eigenvalue weighted by atomic mass is 19.1. The molecule has 96 valence electrons. The topological polar surface area (TPSA) is 52.4 Å². The fourth-order valence-electron chi connectivity index (χ4n) is 2.68. The van der Waals surface area contributed by atoms with Crippen molar-refractivity contribution in [3.05, 3.63) is 33.9 Å². The van der Waals surface area contributed by atoms with Gasteiger partial charge in [-0.2, -0.15) is 4.39 Å². The third kappa shape index (κ3) is 1.91. The number of hydrogen-bond donors (Lipinski definition) is 0. The smallest absolute Gasteiger partial charge is 0.307 e. The first-order valence-electron chi connectivity index (χ1n) is 5.84. The Bertz CT molecular complexity index is 510.